The average Bonchev–Trinajstić information content (AvgIpc) is 3.36. The first kappa shape index (κ1) is 20.6. The van der Waals surface area contributed by atoms with Crippen LogP contribution in [0.2, 0.25) is 0 Å². The summed E-state index contributed by atoms with van der Waals surface area (Å²) < 4.78 is 12.4. The van der Waals surface area contributed by atoms with E-state index in [0.717, 1.165) is 0 Å². The summed E-state index contributed by atoms with van der Waals surface area (Å²) in [6.07, 6.45) is 1.24. The first-order chi connectivity index (χ1) is 14.4. The number of aromatic nitrogens is 2. The fourth-order valence-corrected chi connectivity index (χ4v) is 2.53. The number of hydrogen-bond donors (Lipinski definition) is 2. The molecule has 0 aliphatic rings. The van der Waals surface area contributed by atoms with Crippen LogP contribution < -0.4 is 15.6 Å². The summed E-state index contributed by atoms with van der Waals surface area (Å²) >= 11 is 0. The predicted molar refractivity (Wildman–Crippen MR) is 103 cm³/mol. The highest BCUT2D eigenvalue weighted by Crippen LogP contribution is 2.14. The summed E-state index contributed by atoms with van der Waals surface area (Å²) in [5.41, 5.74) is 4.52. The number of hydrogen-bond acceptors (Lipinski definition) is 7. The fourth-order valence-electron chi connectivity index (χ4n) is 2.53. The van der Waals surface area contributed by atoms with Gasteiger partial charge in [-0.3, -0.25) is 20.4 Å². The summed E-state index contributed by atoms with van der Waals surface area (Å²) in [6, 6.07) is 12.2. The smallest absolute Gasteiger partial charge is 0.381 e. The van der Waals surface area contributed by atoms with Crippen LogP contribution in [0.5, 0.6) is 5.75 Å². The number of para-hydroxylation sites is 1. The van der Waals surface area contributed by atoms with E-state index in [-0.39, 0.29) is 31.2 Å². The van der Waals surface area contributed by atoms with Crippen molar-refractivity contribution in [3.05, 3.63) is 76.1 Å². The van der Waals surface area contributed by atoms with E-state index in [1.54, 1.807) is 25.1 Å². The van der Waals surface area contributed by atoms with E-state index in [9.17, 15) is 19.7 Å². The number of nitro groups is 1. The van der Waals surface area contributed by atoms with Gasteiger partial charge in [-0.2, -0.15) is 0 Å². The molecular formula is C19H19N5O6. The summed E-state index contributed by atoms with van der Waals surface area (Å²) in [5.74, 6) is 0.175. The molecule has 0 radical (unpaired) electrons. The van der Waals surface area contributed by atoms with Gasteiger partial charge in [0.15, 0.2) is 5.76 Å². The van der Waals surface area contributed by atoms with Crippen LogP contribution in [0.3, 0.4) is 0 Å². The number of furan rings is 1. The van der Waals surface area contributed by atoms with Crippen molar-refractivity contribution >= 4 is 17.6 Å². The lowest BCUT2D eigenvalue weighted by molar-refractivity contribution is -0.389. The lowest BCUT2D eigenvalue weighted by Gasteiger charge is -2.06. The van der Waals surface area contributed by atoms with Gasteiger partial charge in [0.05, 0.1) is 0 Å². The second-order valence-electron chi connectivity index (χ2n) is 6.22. The van der Waals surface area contributed by atoms with E-state index in [1.807, 2.05) is 18.2 Å². The minimum absolute atomic E-state index is 0.0110. The normalized spacial score (nSPS) is 10.4. The number of amides is 2. The molecule has 30 heavy (non-hydrogen) atoms. The maximum atomic E-state index is 12.1. The second-order valence-corrected chi connectivity index (χ2v) is 6.22. The highest BCUT2D eigenvalue weighted by Gasteiger charge is 2.16. The molecule has 3 rings (SSSR count). The minimum Gasteiger partial charge on any atom is -0.486 e. The molecule has 2 N–H and O–H groups in total. The number of rotatable bonds is 8. The SMILES string of the molecule is Cc1nc([N+](=O)[O-])cn1CCC(=O)NNC(=O)c1ccc(COc2ccccc2)o1. The molecule has 2 amide bonds. The molecule has 1 aromatic carbocycles. The van der Waals surface area contributed by atoms with Gasteiger partial charge in [-0.1, -0.05) is 18.2 Å². The Hall–Kier alpha value is -4.15. The van der Waals surface area contributed by atoms with Crippen molar-refractivity contribution in [3.8, 4) is 5.75 Å². The first-order valence-electron chi connectivity index (χ1n) is 8.96. The van der Waals surface area contributed by atoms with Gasteiger partial charge in [0.1, 0.15) is 24.3 Å². The molecule has 2 heterocycles. The van der Waals surface area contributed by atoms with Crippen molar-refractivity contribution < 1.29 is 23.7 Å². The standard InChI is InChI=1S/C19H19N5O6/c1-13-20-17(24(27)28)11-23(13)10-9-18(25)21-22-19(26)16-8-7-15(30-16)12-29-14-5-3-2-4-6-14/h2-8,11H,9-10,12H2,1H3,(H,21,25)(H,22,26). The molecule has 0 saturated carbocycles. The lowest BCUT2D eigenvalue weighted by Crippen LogP contribution is -2.41. The zero-order valence-corrected chi connectivity index (χ0v) is 16.0. The largest absolute Gasteiger partial charge is 0.486 e. The number of imidazole rings is 1. The molecule has 0 atom stereocenters. The van der Waals surface area contributed by atoms with Crippen LogP contribution >= 0.6 is 0 Å². The summed E-state index contributed by atoms with van der Waals surface area (Å²) in [7, 11) is 0. The zero-order chi connectivity index (χ0) is 21.5. The summed E-state index contributed by atoms with van der Waals surface area (Å²) in [5, 5.41) is 10.7. The van der Waals surface area contributed by atoms with Gasteiger partial charge in [0.25, 0.3) is 0 Å². The molecule has 2 aromatic heterocycles. The van der Waals surface area contributed by atoms with Gasteiger partial charge in [0.2, 0.25) is 11.7 Å². The Morgan fingerprint density at radius 2 is 1.97 bits per heavy atom. The Bertz CT molecular complexity index is 1040. The van der Waals surface area contributed by atoms with Crippen LogP contribution in [0.1, 0.15) is 28.6 Å². The van der Waals surface area contributed by atoms with Gasteiger partial charge in [-0.25, -0.2) is 0 Å². The van der Waals surface area contributed by atoms with Crippen molar-refractivity contribution in [2.75, 3.05) is 0 Å². The molecule has 0 spiro atoms. The third-order valence-corrected chi connectivity index (χ3v) is 4.06. The third-order valence-electron chi connectivity index (χ3n) is 4.06. The maximum absolute atomic E-state index is 12.1. The minimum atomic E-state index is -0.622. The molecule has 0 fully saturated rings. The van der Waals surface area contributed by atoms with E-state index in [2.05, 4.69) is 15.8 Å². The fraction of sp³-hybridized carbons (Fsp3) is 0.211. The van der Waals surface area contributed by atoms with Crippen molar-refractivity contribution in [3.63, 3.8) is 0 Å². The Balaban J connectivity index is 1.43. The van der Waals surface area contributed by atoms with Gasteiger partial charge in [-0.15, -0.1) is 0 Å². The maximum Gasteiger partial charge on any atom is 0.381 e. The molecule has 11 nitrogen and oxygen atoms in total. The second kappa shape index (κ2) is 9.37. The molecule has 0 bridgehead atoms. The average molecular weight is 413 g/mol. The molecule has 3 aromatic rings. The highest BCUT2D eigenvalue weighted by molar-refractivity contribution is 5.92. The van der Waals surface area contributed by atoms with Crippen LogP contribution in [0, 0.1) is 17.0 Å². The topological polar surface area (TPSA) is 142 Å². The number of ether oxygens (including phenoxy) is 1. The van der Waals surface area contributed by atoms with E-state index in [1.165, 1.54) is 16.8 Å². The van der Waals surface area contributed by atoms with Crippen LogP contribution in [-0.4, -0.2) is 26.3 Å². The highest BCUT2D eigenvalue weighted by atomic mass is 16.6. The van der Waals surface area contributed by atoms with Crippen LogP contribution in [0.15, 0.2) is 53.1 Å². The van der Waals surface area contributed by atoms with Crippen LogP contribution in [0.4, 0.5) is 5.82 Å². The van der Waals surface area contributed by atoms with Gasteiger partial charge < -0.3 is 23.8 Å². The van der Waals surface area contributed by atoms with Gasteiger partial charge >= 0.3 is 11.7 Å². The van der Waals surface area contributed by atoms with Crippen molar-refractivity contribution in [1.29, 1.82) is 0 Å². The number of hydrazine groups is 1. The number of nitrogens with zero attached hydrogens (tertiary/aromatic N) is 3. The molecule has 0 unspecified atom stereocenters. The Kier molecular flexibility index (Phi) is 6.42. The number of aryl methyl sites for hydroxylation is 2. The molecule has 156 valence electrons. The lowest BCUT2D eigenvalue weighted by atomic mass is 10.3. The monoisotopic (exact) mass is 413 g/mol. The Labute approximate surface area is 170 Å². The van der Waals surface area contributed by atoms with Crippen LogP contribution in [0.25, 0.3) is 0 Å². The van der Waals surface area contributed by atoms with Gasteiger partial charge in [0, 0.05) is 19.9 Å². The van der Waals surface area contributed by atoms with Crippen molar-refractivity contribution in [1.82, 2.24) is 20.4 Å². The van der Waals surface area contributed by atoms with Gasteiger partial charge in [-0.05, 0) is 34.2 Å². The number of nitrogens with one attached hydrogen (secondary N) is 2. The third kappa shape index (κ3) is 5.44. The first-order valence-corrected chi connectivity index (χ1v) is 8.96. The molecule has 11 heteroatoms. The molecule has 0 saturated heterocycles. The van der Waals surface area contributed by atoms with E-state index in [4.69, 9.17) is 9.15 Å². The number of carbonyl (C=O) groups is 2. The Morgan fingerprint density at radius 3 is 2.67 bits per heavy atom. The molecular weight excluding hydrogens is 394 g/mol. The summed E-state index contributed by atoms with van der Waals surface area (Å²) in [4.78, 5) is 37.9. The molecule has 0 aliphatic carbocycles. The van der Waals surface area contributed by atoms with E-state index < -0.39 is 16.7 Å². The summed E-state index contributed by atoms with van der Waals surface area (Å²) in [6.45, 7) is 1.93. The van der Waals surface area contributed by atoms with E-state index >= 15 is 0 Å². The Morgan fingerprint density at radius 1 is 1.20 bits per heavy atom. The van der Waals surface area contributed by atoms with E-state index in [0.29, 0.717) is 17.3 Å². The number of carbonyl (C=O) groups excluding carboxylic acids is 2. The quantitative estimate of drug-likeness (QED) is 0.425. The van der Waals surface area contributed by atoms with Crippen LogP contribution in [-0.2, 0) is 17.9 Å². The predicted octanol–water partition coefficient (Wildman–Crippen LogP) is 2.12. The number of benzene rings is 1. The van der Waals surface area contributed by atoms with Crippen molar-refractivity contribution in [2.24, 2.45) is 0 Å². The van der Waals surface area contributed by atoms with Crippen molar-refractivity contribution in [2.45, 2.75) is 26.5 Å². The molecule has 0 aliphatic heterocycles. The zero-order valence-electron chi connectivity index (χ0n) is 16.0.